The highest BCUT2D eigenvalue weighted by Gasteiger charge is 2.31. The summed E-state index contributed by atoms with van der Waals surface area (Å²) in [5.41, 5.74) is 4.10. The van der Waals surface area contributed by atoms with Gasteiger partial charge in [0.2, 0.25) is 0 Å². The number of hydrogen-bond acceptors (Lipinski definition) is 3. The van der Waals surface area contributed by atoms with Crippen molar-refractivity contribution in [2.75, 3.05) is 11.1 Å². The number of hydrogen-bond donors (Lipinski definition) is 2. The first-order chi connectivity index (χ1) is 9.29. The van der Waals surface area contributed by atoms with E-state index in [9.17, 15) is 22.4 Å². The van der Waals surface area contributed by atoms with E-state index in [-0.39, 0.29) is 10.6 Å². The fourth-order valence-electron chi connectivity index (χ4n) is 1.48. The van der Waals surface area contributed by atoms with Crippen LogP contribution >= 0.6 is 11.3 Å². The van der Waals surface area contributed by atoms with Crippen LogP contribution in [0.2, 0.25) is 0 Å². The molecule has 0 spiro atoms. The van der Waals surface area contributed by atoms with Crippen molar-refractivity contribution in [2.24, 2.45) is 0 Å². The third kappa shape index (κ3) is 2.90. The number of anilines is 2. The Labute approximate surface area is 115 Å². The number of carbonyl (C=O) groups excluding carboxylic acids is 1. The van der Waals surface area contributed by atoms with Gasteiger partial charge in [0, 0.05) is 0 Å². The Morgan fingerprint density at radius 2 is 1.95 bits per heavy atom. The zero-order valence-corrected chi connectivity index (χ0v) is 10.6. The zero-order valence-electron chi connectivity index (χ0n) is 9.79. The molecule has 2 rings (SSSR count). The van der Waals surface area contributed by atoms with Crippen LogP contribution in [0.3, 0.4) is 0 Å². The molecule has 0 bridgehead atoms. The van der Waals surface area contributed by atoms with Gasteiger partial charge in [-0.25, -0.2) is 4.39 Å². The molecule has 0 aliphatic heterocycles. The fourth-order valence-corrected chi connectivity index (χ4v) is 2.19. The zero-order chi connectivity index (χ0) is 14.9. The quantitative estimate of drug-likeness (QED) is 0.830. The Morgan fingerprint density at radius 3 is 2.50 bits per heavy atom. The monoisotopic (exact) mass is 304 g/mol. The third-order valence-corrected chi connectivity index (χ3v) is 3.37. The molecule has 2 aromatic rings. The van der Waals surface area contributed by atoms with E-state index in [0.29, 0.717) is 18.2 Å². The van der Waals surface area contributed by atoms with Crippen molar-refractivity contribution in [3.8, 4) is 0 Å². The van der Waals surface area contributed by atoms with Crippen LogP contribution in [0.1, 0.15) is 15.2 Å². The molecule has 0 unspecified atom stereocenters. The number of nitrogens with two attached hydrogens (primary N) is 1. The molecule has 1 aromatic heterocycles. The van der Waals surface area contributed by atoms with Gasteiger partial charge >= 0.3 is 6.18 Å². The SMILES string of the molecule is Nc1ccsc1C(=O)Nc1cc(C(F)(F)F)ccc1F. The molecule has 8 heteroatoms. The van der Waals surface area contributed by atoms with Gasteiger partial charge in [0.1, 0.15) is 10.7 Å². The molecule has 3 nitrogen and oxygen atoms in total. The van der Waals surface area contributed by atoms with Crippen LogP contribution in [0.25, 0.3) is 0 Å². The summed E-state index contributed by atoms with van der Waals surface area (Å²) in [4.78, 5) is 11.9. The molecule has 0 atom stereocenters. The number of amides is 1. The molecular formula is C12H8F4N2OS. The summed E-state index contributed by atoms with van der Waals surface area (Å²) in [5, 5.41) is 3.63. The van der Waals surface area contributed by atoms with Gasteiger partial charge in [-0.15, -0.1) is 11.3 Å². The largest absolute Gasteiger partial charge is 0.416 e. The molecule has 1 heterocycles. The van der Waals surface area contributed by atoms with Crippen molar-refractivity contribution < 1.29 is 22.4 Å². The lowest BCUT2D eigenvalue weighted by molar-refractivity contribution is -0.137. The van der Waals surface area contributed by atoms with E-state index in [4.69, 9.17) is 5.73 Å². The number of nitrogen functional groups attached to an aromatic ring is 1. The normalized spacial score (nSPS) is 11.4. The van der Waals surface area contributed by atoms with E-state index in [1.807, 2.05) is 0 Å². The van der Waals surface area contributed by atoms with Crippen LogP contribution in [0.5, 0.6) is 0 Å². The van der Waals surface area contributed by atoms with Crippen molar-refractivity contribution in [3.05, 3.63) is 45.9 Å². The Morgan fingerprint density at radius 1 is 1.25 bits per heavy atom. The van der Waals surface area contributed by atoms with Crippen molar-refractivity contribution in [2.45, 2.75) is 6.18 Å². The summed E-state index contributed by atoms with van der Waals surface area (Å²) in [5.74, 6) is -1.71. The Kier molecular flexibility index (Phi) is 3.67. The van der Waals surface area contributed by atoms with Crippen LogP contribution in [-0.4, -0.2) is 5.91 Å². The first-order valence-corrected chi connectivity index (χ1v) is 6.18. The Bertz CT molecular complexity index is 651. The van der Waals surface area contributed by atoms with Gasteiger partial charge in [-0.2, -0.15) is 13.2 Å². The highest BCUT2D eigenvalue weighted by molar-refractivity contribution is 7.12. The first-order valence-electron chi connectivity index (χ1n) is 5.30. The lowest BCUT2D eigenvalue weighted by Gasteiger charge is -2.10. The molecule has 0 saturated heterocycles. The van der Waals surface area contributed by atoms with Gasteiger partial charge in [-0.3, -0.25) is 4.79 Å². The lowest BCUT2D eigenvalue weighted by Crippen LogP contribution is -2.14. The van der Waals surface area contributed by atoms with Crippen molar-refractivity contribution >= 4 is 28.6 Å². The van der Waals surface area contributed by atoms with Gasteiger partial charge in [-0.05, 0) is 29.6 Å². The Balaban J connectivity index is 2.30. The molecule has 106 valence electrons. The number of rotatable bonds is 2. The minimum absolute atomic E-state index is 0.113. The van der Waals surface area contributed by atoms with Gasteiger partial charge in [0.25, 0.3) is 5.91 Å². The van der Waals surface area contributed by atoms with E-state index in [1.54, 1.807) is 5.38 Å². The van der Waals surface area contributed by atoms with Crippen LogP contribution in [0.4, 0.5) is 28.9 Å². The summed E-state index contributed by atoms with van der Waals surface area (Å²) >= 11 is 1.01. The molecular weight excluding hydrogens is 296 g/mol. The standard InChI is InChI=1S/C12H8F4N2OS/c13-7-2-1-6(12(14,15)16)5-9(7)18-11(19)10-8(17)3-4-20-10/h1-5H,17H2,(H,18,19). The number of carbonyl (C=O) groups is 1. The van der Waals surface area contributed by atoms with Crippen molar-refractivity contribution in [1.29, 1.82) is 0 Å². The Hall–Kier alpha value is -2.09. The lowest BCUT2D eigenvalue weighted by atomic mass is 10.2. The maximum absolute atomic E-state index is 13.5. The smallest absolute Gasteiger partial charge is 0.397 e. The molecule has 0 radical (unpaired) electrons. The van der Waals surface area contributed by atoms with Gasteiger partial charge < -0.3 is 11.1 Å². The van der Waals surface area contributed by atoms with Crippen LogP contribution in [-0.2, 0) is 6.18 Å². The summed E-state index contributed by atoms with van der Waals surface area (Å²) < 4.78 is 51.0. The van der Waals surface area contributed by atoms with Crippen molar-refractivity contribution in [3.63, 3.8) is 0 Å². The summed E-state index contributed by atoms with van der Waals surface area (Å²) in [6.45, 7) is 0. The molecule has 0 aliphatic carbocycles. The van der Waals surface area contributed by atoms with Crippen LogP contribution in [0, 0.1) is 5.82 Å². The van der Waals surface area contributed by atoms with Gasteiger partial charge in [-0.1, -0.05) is 0 Å². The molecule has 0 aliphatic rings. The number of nitrogens with one attached hydrogen (secondary N) is 1. The van der Waals surface area contributed by atoms with Gasteiger partial charge in [0.15, 0.2) is 0 Å². The molecule has 1 amide bonds. The highest BCUT2D eigenvalue weighted by Crippen LogP contribution is 2.32. The summed E-state index contributed by atoms with van der Waals surface area (Å²) in [7, 11) is 0. The van der Waals surface area contributed by atoms with Crippen LogP contribution in [0.15, 0.2) is 29.6 Å². The van der Waals surface area contributed by atoms with Crippen molar-refractivity contribution in [1.82, 2.24) is 0 Å². The van der Waals surface area contributed by atoms with Crippen LogP contribution < -0.4 is 11.1 Å². The number of thiophene rings is 1. The minimum atomic E-state index is -4.62. The second kappa shape index (κ2) is 5.12. The third-order valence-electron chi connectivity index (χ3n) is 2.44. The first kappa shape index (κ1) is 14.3. The maximum atomic E-state index is 13.5. The van der Waals surface area contributed by atoms with Gasteiger partial charge in [0.05, 0.1) is 16.9 Å². The predicted molar refractivity (Wildman–Crippen MR) is 68.1 cm³/mol. The van der Waals surface area contributed by atoms with E-state index in [2.05, 4.69) is 5.32 Å². The summed E-state index contributed by atoms with van der Waals surface area (Å²) in [6.07, 6.45) is -4.62. The molecule has 0 saturated carbocycles. The average molecular weight is 304 g/mol. The van der Waals surface area contributed by atoms with E-state index >= 15 is 0 Å². The fraction of sp³-hybridized carbons (Fsp3) is 0.0833. The molecule has 0 fully saturated rings. The molecule has 3 N–H and O–H groups in total. The predicted octanol–water partition coefficient (Wildman–Crippen LogP) is 3.74. The van der Waals surface area contributed by atoms with E-state index in [1.165, 1.54) is 6.07 Å². The molecule has 1 aromatic carbocycles. The minimum Gasteiger partial charge on any atom is -0.397 e. The number of alkyl halides is 3. The second-order valence-electron chi connectivity index (χ2n) is 3.85. The number of benzene rings is 1. The maximum Gasteiger partial charge on any atom is 0.416 e. The topological polar surface area (TPSA) is 55.1 Å². The van der Waals surface area contributed by atoms with E-state index in [0.717, 1.165) is 11.3 Å². The average Bonchev–Trinajstić information content (AvgIpc) is 2.77. The second-order valence-corrected chi connectivity index (χ2v) is 4.77. The number of halogens is 4. The highest BCUT2D eigenvalue weighted by atomic mass is 32.1. The van der Waals surface area contributed by atoms with E-state index < -0.39 is 29.2 Å². The summed E-state index contributed by atoms with van der Waals surface area (Å²) in [6, 6.07) is 3.26. The molecule has 20 heavy (non-hydrogen) atoms.